The Hall–Kier alpha value is -0.610. The van der Waals surface area contributed by atoms with Gasteiger partial charge in [-0.2, -0.15) is 0 Å². The lowest BCUT2D eigenvalue weighted by Crippen LogP contribution is -2.33. The molecule has 1 heterocycles. The van der Waals surface area contributed by atoms with E-state index >= 15 is 0 Å². The molecule has 1 aliphatic rings. The molecule has 1 fully saturated rings. The van der Waals surface area contributed by atoms with Crippen molar-refractivity contribution in [1.82, 2.24) is 0 Å². The van der Waals surface area contributed by atoms with Crippen LogP contribution in [0.5, 0.6) is 0 Å². The molecule has 0 aromatic heterocycles. The summed E-state index contributed by atoms with van der Waals surface area (Å²) in [5, 5.41) is 0. The molecular weight excluding hydrogens is 194 g/mol. The predicted molar refractivity (Wildman–Crippen MR) is 57.4 cm³/mol. The third kappa shape index (κ3) is 4.62. The molecule has 0 radical (unpaired) electrons. The van der Waals surface area contributed by atoms with Crippen LogP contribution in [0.15, 0.2) is 0 Å². The first-order chi connectivity index (χ1) is 7.09. The number of hydrogen-bond acceptors (Lipinski definition) is 4. The molecule has 1 rings (SSSR count). The van der Waals surface area contributed by atoms with Gasteiger partial charge in [-0.25, -0.2) is 0 Å². The second-order valence-electron chi connectivity index (χ2n) is 4.41. The zero-order chi connectivity index (χ0) is 11.3. The van der Waals surface area contributed by atoms with Crippen molar-refractivity contribution in [2.24, 2.45) is 11.7 Å². The molecule has 0 aromatic rings. The van der Waals surface area contributed by atoms with Gasteiger partial charge in [0.1, 0.15) is 6.10 Å². The lowest BCUT2D eigenvalue weighted by atomic mass is 10.0. The Balaban J connectivity index is 2.22. The highest BCUT2D eigenvalue weighted by molar-refractivity contribution is 5.70. The number of ether oxygens (including phenoxy) is 2. The Morgan fingerprint density at radius 3 is 2.60 bits per heavy atom. The number of hydrogen-bond donors (Lipinski definition) is 1. The molecule has 4 heteroatoms. The molecule has 15 heavy (non-hydrogen) atoms. The molecule has 0 amide bonds. The monoisotopic (exact) mass is 215 g/mol. The standard InChI is InChI=1S/C11H21NO3/c1-8(2)10(12)7-11(13)15-9-3-5-14-6-4-9/h8-10H,3-7,12H2,1-2H3. The molecule has 4 nitrogen and oxygen atoms in total. The van der Waals surface area contributed by atoms with Gasteiger partial charge in [0.2, 0.25) is 0 Å². The number of esters is 1. The van der Waals surface area contributed by atoms with E-state index in [4.69, 9.17) is 15.2 Å². The van der Waals surface area contributed by atoms with Crippen LogP contribution >= 0.6 is 0 Å². The fourth-order valence-corrected chi connectivity index (χ4v) is 1.46. The van der Waals surface area contributed by atoms with E-state index in [1.54, 1.807) is 0 Å². The highest BCUT2D eigenvalue weighted by Crippen LogP contribution is 2.12. The van der Waals surface area contributed by atoms with Gasteiger partial charge in [0.05, 0.1) is 19.6 Å². The van der Waals surface area contributed by atoms with Crippen LogP contribution in [0.1, 0.15) is 33.1 Å². The number of rotatable bonds is 4. The quantitative estimate of drug-likeness (QED) is 0.713. The summed E-state index contributed by atoms with van der Waals surface area (Å²) in [5.74, 6) is 0.135. The molecule has 1 unspecified atom stereocenters. The van der Waals surface area contributed by atoms with Crippen LogP contribution in [0.4, 0.5) is 0 Å². The average Bonchev–Trinajstić information content (AvgIpc) is 2.18. The molecular formula is C11H21NO3. The zero-order valence-electron chi connectivity index (χ0n) is 9.57. The molecule has 1 saturated heterocycles. The van der Waals surface area contributed by atoms with Crippen LogP contribution in [0.2, 0.25) is 0 Å². The molecule has 1 atom stereocenters. The Labute approximate surface area is 91.1 Å². The lowest BCUT2D eigenvalue weighted by Gasteiger charge is -2.23. The largest absolute Gasteiger partial charge is 0.462 e. The summed E-state index contributed by atoms with van der Waals surface area (Å²) >= 11 is 0. The summed E-state index contributed by atoms with van der Waals surface area (Å²) in [7, 11) is 0. The maximum Gasteiger partial charge on any atom is 0.307 e. The number of nitrogens with two attached hydrogens (primary N) is 1. The van der Waals surface area contributed by atoms with Crippen molar-refractivity contribution in [1.29, 1.82) is 0 Å². The molecule has 0 aliphatic carbocycles. The smallest absolute Gasteiger partial charge is 0.307 e. The Bertz CT molecular complexity index is 200. The van der Waals surface area contributed by atoms with Gasteiger partial charge in [-0.15, -0.1) is 0 Å². The molecule has 1 aliphatic heterocycles. The SMILES string of the molecule is CC(C)C(N)CC(=O)OC1CCOCC1. The van der Waals surface area contributed by atoms with Crippen LogP contribution in [-0.2, 0) is 14.3 Å². The van der Waals surface area contributed by atoms with E-state index in [1.165, 1.54) is 0 Å². The van der Waals surface area contributed by atoms with Gasteiger partial charge >= 0.3 is 5.97 Å². The number of carbonyl (C=O) groups excluding carboxylic acids is 1. The minimum atomic E-state index is -0.178. The van der Waals surface area contributed by atoms with Crippen LogP contribution in [0.25, 0.3) is 0 Å². The Morgan fingerprint density at radius 1 is 1.47 bits per heavy atom. The van der Waals surface area contributed by atoms with Crippen LogP contribution in [-0.4, -0.2) is 31.3 Å². The normalized spacial score (nSPS) is 20.3. The van der Waals surface area contributed by atoms with Crippen molar-refractivity contribution in [2.45, 2.75) is 45.3 Å². The van der Waals surface area contributed by atoms with Gasteiger partial charge < -0.3 is 15.2 Å². The van der Waals surface area contributed by atoms with Crippen LogP contribution < -0.4 is 5.73 Å². The van der Waals surface area contributed by atoms with Crippen molar-refractivity contribution in [3.63, 3.8) is 0 Å². The van der Waals surface area contributed by atoms with Gasteiger partial charge in [0.25, 0.3) is 0 Å². The van der Waals surface area contributed by atoms with Crippen molar-refractivity contribution in [3.8, 4) is 0 Å². The zero-order valence-corrected chi connectivity index (χ0v) is 9.57. The highest BCUT2D eigenvalue weighted by atomic mass is 16.6. The first kappa shape index (κ1) is 12.5. The molecule has 0 spiro atoms. The molecule has 0 bridgehead atoms. The number of carbonyl (C=O) groups is 1. The predicted octanol–water partition coefficient (Wildman–Crippen LogP) is 1.08. The second kappa shape index (κ2) is 6.08. The fraction of sp³-hybridized carbons (Fsp3) is 0.909. The van der Waals surface area contributed by atoms with E-state index in [0.29, 0.717) is 25.6 Å². The van der Waals surface area contributed by atoms with Crippen molar-refractivity contribution < 1.29 is 14.3 Å². The molecule has 0 aromatic carbocycles. The molecule has 88 valence electrons. The van der Waals surface area contributed by atoms with Gasteiger partial charge in [0.15, 0.2) is 0 Å². The van der Waals surface area contributed by atoms with Crippen molar-refractivity contribution in [2.75, 3.05) is 13.2 Å². The minimum absolute atomic E-state index is 0.0330. The van der Waals surface area contributed by atoms with Gasteiger partial charge in [-0.3, -0.25) is 4.79 Å². The van der Waals surface area contributed by atoms with Crippen LogP contribution in [0.3, 0.4) is 0 Å². The first-order valence-electron chi connectivity index (χ1n) is 5.62. The summed E-state index contributed by atoms with van der Waals surface area (Å²) < 4.78 is 10.5. The molecule has 2 N–H and O–H groups in total. The molecule has 0 saturated carbocycles. The minimum Gasteiger partial charge on any atom is -0.462 e. The van der Waals surface area contributed by atoms with Crippen LogP contribution in [0, 0.1) is 5.92 Å². The Morgan fingerprint density at radius 2 is 2.07 bits per heavy atom. The van der Waals surface area contributed by atoms with Crippen molar-refractivity contribution >= 4 is 5.97 Å². The maximum atomic E-state index is 11.5. The Kier molecular flexibility index (Phi) is 5.05. The van der Waals surface area contributed by atoms with E-state index in [0.717, 1.165) is 12.8 Å². The average molecular weight is 215 g/mol. The highest BCUT2D eigenvalue weighted by Gasteiger charge is 2.20. The summed E-state index contributed by atoms with van der Waals surface area (Å²) in [6, 6.07) is -0.0997. The van der Waals surface area contributed by atoms with E-state index in [9.17, 15) is 4.79 Å². The van der Waals surface area contributed by atoms with E-state index in [1.807, 2.05) is 13.8 Å². The summed E-state index contributed by atoms with van der Waals surface area (Å²) in [6.45, 7) is 5.39. The van der Waals surface area contributed by atoms with E-state index in [-0.39, 0.29) is 18.1 Å². The second-order valence-corrected chi connectivity index (χ2v) is 4.41. The fourth-order valence-electron chi connectivity index (χ4n) is 1.46. The van der Waals surface area contributed by atoms with Crippen molar-refractivity contribution in [3.05, 3.63) is 0 Å². The van der Waals surface area contributed by atoms with Gasteiger partial charge in [-0.05, 0) is 5.92 Å². The third-order valence-electron chi connectivity index (χ3n) is 2.73. The third-order valence-corrected chi connectivity index (χ3v) is 2.73. The first-order valence-corrected chi connectivity index (χ1v) is 5.62. The van der Waals surface area contributed by atoms with Gasteiger partial charge in [0, 0.05) is 18.9 Å². The summed E-state index contributed by atoms with van der Waals surface area (Å²) in [4.78, 5) is 11.5. The van der Waals surface area contributed by atoms with E-state index in [2.05, 4.69) is 0 Å². The van der Waals surface area contributed by atoms with E-state index < -0.39 is 0 Å². The topological polar surface area (TPSA) is 61.6 Å². The maximum absolute atomic E-state index is 11.5. The summed E-state index contributed by atoms with van der Waals surface area (Å²) in [6.07, 6.45) is 1.96. The lowest BCUT2D eigenvalue weighted by molar-refractivity contribution is -0.153. The van der Waals surface area contributed by atoms with Gasteiger partial charge in [-0.1, -0.05) is 13.8 Å². The summed E-state index contributed by atoms with van der Waals surface area (Å²) in [5.41, 5.74) is 5.80.